The molecule has 2 aliphatic rings. The van der Waals surface area contributed by atoms with Gasteiger partial charge >= 0.3 is 0 Å². The second kappa shape index (κ2) is 9.62. The van der Waals surface area contributed by atoms with E-state index in [4.69, 9.17) is 4.74 Å². The number of aliphatic hydroxyl groups is 2. The molecular formula is C26H35N3O5. The van der Waals surface area contributed by atoms with Crippen LogP contribution in [-0.4, -0.2) is 76.1 Å². The number of aromatic nitrogens is 1. The normalized spacial score (nSPS) is 32.1. The summed E-state index contributed by atoms with van der Waals surface area (Å²) in [5.74, 6) is -0.287. The van der Waals surface area contributed by atoms with E-state index in [1.807, 2.05) is 44.1 Å². The fraction of sp³-hybridized carbons (Fsp3) is 0.538. The number of ether oxygens (including phenoxy) is 1. The van der Waals surface area contributed by atoms with Gasteiger partial charge in [0.05, 0.1) is 22.9 Å². The first kappa shape index (κ1) is 24.6. The van der Waals surface area contributed by atoms with Crippen molar-refractivity contribution in [3.8, 4) is 0 Å². The van der Waals surface area contributed by atoms with Crippen molar-refractivity contribution >= 4 is 5.91 Å². The molecule has 1 aromatic carbocycles. The van der Waals surface area contributed by atoms with Gasteiger partial charge in [-0.3, -0.25) is 9.59 Å². The molecule has 2 bridgehead atoms. The number of aromatic amines is 1. The highest BCUT2D eigenvalue weighted by molar-refractivity contribution is 5.93. The van der Waals surface area contributed by atoms with Gasteiger partial charge < -0.3 is 30.2 Å². The predicted molar refractivity (Wildman–Crippen MR) is 129 cm³/mol. The molecular weight excluding hydrogens is 434 g/mol. The number of hydrogen-bond acceptors (Lipinski definition) is 6. The van der Waals surface area contributed by atoms with Gasteiger partial charge in [0, 0.05) is 24.8 Å². The first-order valence-electron chi connectivity index (χ1n) is 11.9. The zero-order valence-electron chi connectivity index (χ0n) is 20.0. The van der Waals surface area contributed by atoms with E-state index < -0.39 is 23.4 Å². The number of hydrogen-bond donors (Lipinski definition) is 4. The van der Waals surface area contributed by atoms with Crippen molar-refractivity contribution in [2.24, 2.45) is 0 Å². The SMILES string of the molecule is CN(C)[C@@H]1CC[C@@]2([C@@H](O)CNC(=O)c3ccc(=O)[nH]c3)C[C@H](c3ccccc3)C[C@](C)(O2)[C@H]1O. The van der Waals surface area contributed by atoms with Gasteiger partial charge in [0.25, 0.3) is 5.91 Å². The average molecular weight is 470 g/mol. The van der Waals surface area contributed by atoms with Crippen LogP contribution in [0.3, 0.4) is 0 Å². The van der Waals surface area contributed by atoms with E-state index in [9.17, 15) is 19.8 Å². The summed E-state index contributed by atoms with van der Waals surface area (Å²) in [6, 6.07) is 12.8. The number of benzene rings is 1. The molecule has 2 saturated heterocycles. The van der Waals surface area contributed by atoms with Gasteiger partial charge in [-0.1, -0.05) is 30.3 Å². The number of nitrogens with one attached hydrogen (secondary N) is 2. The highest BCUT2D eigenvalue weighted by Gasteiger charge is 2.57. The van der Waals surface area contributed by atoms with Gasteiger partial charge in [0.2, 0.25) is 5.56 Å². The van der Waals surface area contributed by atoms with E-state index in [0.29, 0.717) is 31.2 Å². The van der Waals surface area contributed by atoms with E-state index in [2.05, 4.69) is 22.4 Å². The molecule has 34 heavy (non-hydrogen) atoms. The molecule has 2 aliphatic heterocycles. The number of carbonyl (C=O) groups is 1. The summed E-state index contributed by atoms with van der Waals surface area (Å²) in [6.45, 7) is 1.94. The van der Waals surface area contributed by atoms with Crippen LogP contribution >= 0.6 is 0 Å². The van der Waals surface area contributed by atoms with Gasteiger partial charge in [0.15, 0.2) is 0 Å². The van der Waals surface area contributed by atoms with E-state index in [1.165, 1.54) is 18.3 Å². The number of rotatable bonds is 6. The molecule has 0 unspecified atom stereocenters. The summed E-state index contributed by atoms with van der Waals surface area (Å²) in [5.41, 5.74) is -0.595. The Morgan fingerprint density at radius 3 is 2.62 bits per heavy atom. The maximum Gasteiger partial charge on any atom is 0.252 e. The maximum absolute atomic E-state index is 12.6. The number of amides is 1. The van der Waals surface area contributed by atoms with E-state index in [1.54, 1.807) is 0 Å². The third-order valence-electron chi connectivity index (χ3n) is 7.58. The van der Waals surface area contributed by atoms with Gasteiger partial charge in [-0.05, 0) is 64.3 Å². The molecule has 0 radical (unpaired) electrons. The van der Waals surface area contributed by atoms with Crippen LogP contribution in [0, 0.1) is 0 Å². The number of fused-ring (bicyclic) bond motifs is 2. The minimum atomic E-state index is -0.974. The molecule has 1 amide bonds. The zero-order chi connectivity index (χ0) is 24.5. The molecule has 2 fully saturated rings. The maximum atomic E-state index is 12.6. The monoisotopic (exact) mass is 469 g/mol. The molecule has 4 N–H and O–H groups in total. The van der Waals surface area contributed by atoms with Crippen LogP contribution in [-0.2, 0) is 4.74 Å². The number of H-pyrrole nitrogens is 1. The Morgan fingerprint density at radius 1 is 1.24 bits per heavy atom. The second-order valence-electron chi connectivity index (χ2n) is 10.2. The van der Waals surface area contributed by atoms with E-state index in [0.717, 1.165) is 5.56 Å². The first-order valence-corrected chi connectivity index (χ1v) is 11.9. The lowest BCUT2D eigenvalue weighted by molar-refractivity contribution is -0.250. The third kappa shape index (κ3) is 4.81. The number of nitrogens with zero attached hydrogens (tertiary/aromatic N) is 1. The Labute approximate surface area is 200 Å². The van der Waals surface area contributed by atoms with Crippen molar-refractivity contribution in [3.05, 3.63) is 70.1 Å². The highest BCUT2D eigenvalue weighted by atomic mass is 16.6. The van der Waals surface area contributed by atoms with Crippen molar-refractivity contribution in [1.29, 1.82) is 0 Å². The lowest BCUT2D eigenvalue weighted by Crippen LogP contribution is -2.61. The van der Waals surface area contributed by atoms with Gasteiger partial charge in [-0.25, -0.2) is 0 Å². The van der Waals surface area contributed by atoms with Crippen molar-refractivity contribution < 1.29 is 19.7 Å². The molecule has 3 heterocycles. The lowest BCUT2D eigenvalue weighted by Gasteiger charge is -2.52. The Kier molecular flexibility index (Phi) is 6.96. The molecule has 6 atom stereocenters. The molecule has 0 spiro atoms. The highest BCUT2D eigenvalue weighted by Crippen LogP contribution is 2.51. The second-order valence-corrected chi connectivity index (χ2v) is 10.2. The fourth-order valence-corrected chi connectivity index (χ4v) is 5.72. The smallest absolute Gasteiger partial charge is 0.252 e. The van der Waals surface area contributed by atoms with Crippen LogP contribution in [0.5, 0.6) is 0 Å². The van der Waals surface area contributed by atoms with Crippen LogP contribution in [0.15, 0.2) is 53.5 Å². The molecule has 8 heteroatoms. The van der Waals surface area contributed by atoms with E-state index in [-0.39, 0.29) is 30.0 Å². The molecule has 184 valence electrons. The topological polar surface area (TPSA) is 115 Å². The summed E-state index contributed by atoms with van der Waals surface area (Å²) in [4.78, 5) is 28.4. The van der Waals surface area contributed by atoms with Crippen molar-refractivity contribution in [1.82, 2.24) is 15.2 Å². The lowest BCUT2D eigenvalue weighted by atomic mass is 9.72. The number of pyridine rings is 1. The summed E-state index contributed by atoms with van der Waals surface area (Å²) < 4.78 is 6.66. The predicted octanol–water partition coefficient (Wildman–Crippen LogP) is 1.64. The molecule has 0 saturated carbocycles. The van der Waals surface area contributed by atoms with Crippen LogP contribution in [0.2, 0.25) is 0 Å². The molecule has 0 aliphatic carbocycles. The molecule has 2 aromatic rings. The Balaban J connectivity index is 1.61. The summed E-state index contributed by atoms with van der Waals surface area (Å²) in [5, 5.41) is 25.6. The van der Waals surface area contributed by atoms with Crippen LogP contribution in [0.4, 0.5) is 0 Å². The standard InChI is InChI=1S/C26H35N3O5/c1-25-13-19(17-7-5-4-6-8-17)14-26(34-25,12-11-20(23(25)32)29(2)3)21(30)16-28-24(33)18-9-10-22(31)27-15-18/h4-10,15,19-21,23,30,32H,11-14,16H2,1-3H3,(H,27,31)(H,28,33)/t19-,20-,21+,23+,25+,26+/m1/s1. The van der Waals surface area contributed by atoms with Crippen LogP contribution in [0.1, 0.15) is 54.4 Å². The number of carbonyl (C=O) groups excluding carboxylic acids is 1. The molecule has 8 nitrogen and oxygen atoms in total. The van der Waals surface area contributed by atoms with Gasteiger partial charge in [0.1, 0.15) is 6.10 Å². The third-order valence-corrected chi connectivity index (χ3v) is 7.58. The molecule has 4 rings (SSSR count). The van der Waals surface area contributed by atoms with Crippen LogP contribution < -0.4 is 10.9 Å². The Morgan fingerprint density at radius 2 is 1.97 bits per heavy atom. The quantitative estimate of drug-likeness (QED) is 0.511. The fourth-order valence-electron chi connectivity index (χ4n) is 5.72. The average Bonchev–Trinajstić information content (AvgIpc) is 2.90. The summed E-state index contributed by atoms with van der Waals surface area (Å²) in [7, 11) is 3.91. The number of likely N-dealkylation sites (N-methyl/N-ethyl adjacent to an activating group) is 1. The summed E-state index contributed by atoms with van der Waals surface area (Å²) >= 11 is 0. The summed E-state index contributed by atoms with van der Waals surface area (Å²) in [6.07, 6.45) is 2.11. The largest absolute Gasteiger partial charge is 0.388 e. The van der Waals surface area contributed by atoms with Crippen molar-refractivity contribution in [2.45, 2.75) is 68.0 Å². The Bertz CT molecular complexity index is 1040. The van der Waals surface area contributed by atoms with Crippen molar-refractivity contribution in [2.75, 3.05) is 20.6 Å². The minimum Gasteiger partial charge on any atom is -0.388 e. The van der Waals surface area contributed by atoms with Crippen molar-refractivity contribution in [3.63, 3.8) is 0 Å². The first-order chi connectivity index (χ1) is 16.1. The van der Waals surface area contributed by atoms with E-state index >= 15 is 0 Å². The van der Waals surface area contributed by atoms with Gasteiger partial charge in [-0.15, -0.1) is 0 Å². The minimum absolute atomic E-state index is 0.00171. The Hall–Kier alpha value is -2.52. The zero-order valence-corrected chi connectivity index (χ0v) is 20.0. The van der Waals surface area contributed by atoms with Gasteiger partial charge in [-0.2, -0.15) is 0 Å². The molecule has 1 aromatic heterocycles. The van der Waals surface area contributed by atoms with Crippen LogP contribution in [0.25, 0.3) is 0 Å². The number of aliphatic hydroxyl groups excluding tert-OH is 2.